The van der Waals surface area contributed by atoms with E-state index in [1.165, 1.54) is 7.05 Å². The molecule has 0 fully saturated rings. The SMILES string of the molecule is CNNC(CCC(=O)O)C(=O)NC(CCC(=O)O)C(=O)NCCC(N)=O. The fourth-order valence-electron chi connectivity index (χ4n) is 1.95. The molecule has 0 heterocycles. The van der Waals surface area contributed by atoms with E-state index >= 15 is 0 Å². The van der Waals surface area contributed by atoms with Crippen LogP contribution in [0.25, 0.3) is 0 Å². The third-order valence-corrected chi connectivity index (χ3v) is 3.23. The van der Waals surface area contributed by atoms with E-state index in [0.29, 0.717) is 0 Å². The van der Waals surface area contributed by atoms with Gasteiger partial charge in [0.05, 0.1) is 0 Å². The zero-order valence-corrected chi connectivity index (χ0v) is 14.4. The topological polar surface area (TPSA) is 200 Å². The molecule has 8 N–H and O–H groups in total. The van der Waals surface area contributed by atoms with Crippen LogP contribution in [0.5, 0.6) is 0 Å². The summed E-state index contributed by atoms with van der Waals surface area (Å²) in [6, 6.07) is -2.10. The minimum atomic E-state index is -1.16. The number of carboxylic acid groups (broad SMARTS) is 2. The molecule has 148 valence electrons. The molecular weight excluding hydrogens is 350 g/mol. The Kier molecular flexibility index (Phi) is 11.3. The van der Waals surface area contributed by atoms with Crippen molar-refractivity contribution < 1.29 is 34.2 Å². The normalized spacial score (nSPS) is 12.7. The average Bonchev–Trinajstić information content (AvgIpc) is 2.54. The lowest BCUT2D eigenvalue weighted by Gasteiger charge is -2.22. The van der Waals surface area contributed by atoms with Crippen molar-refractivity contribution >= 4 is 29.7 Å². The maximum atomic E-state index is 12.3. The summed E-state index contributed by atoms with van der Waals surface area (Å²) in [7, 11) is 1.49. The maximum absolute atomic E-state index is 12.3. The number of carbonyl (C=O) groups is 5. The number of hydrogen-bond donors (Lipinski definition) is 7. The summed E-state index contributed by atoms with van der Waals surface area (Å²) in [6.45, 7) is -0.0508. The second-order valence-corrected chi connectivity index (χ2v) is 5.38. The number of amides is 3. The highest BCUT2D eigenvalue weighted by Crippen LogP contribution is 2.02. The highest BCUT2D eigenvalue weighted by Gasteiger charge is 2.26. The Bertz CT molecular complexity index is 526. The lowest BCUT2D eigenvalue weighted by atomic mass is 10.1. The van der Waals surface area contributed by atoms with E-state index in [1.807, 2.05) is 0 Å². The Balaban J connectivity index is 4.89. The van der Waals surface area contributed by atoms with Crippen molar-refractivity contribution in [1.82, 2.24) is 21.5 Å². The molecule has 12 heteroatoms. The van der Waals surface area contributed by atoms with Crippen molar-refractivity contribution in [2.45, 2.75) is 44.2 Å². The second kappa shape index (κ2) is 12.6. The van der Waals surface area contributed by atoms with Crippen LogP contribution < -0.4 is 27.2 Å². The fourth-order valence-corrected chi connectivity index (χ4v) is 1.95. The van der Waals surface area contributed by atoms with Crippen molar-refractivity contribution in [2.24, 2.45) is 5.73 Å². The van der Waals surface area contributed by atoms with Gasteiger partial charge in [-0.05, 0) is 19.9 Å². The van der Waals surface area contributed by atoms with Gasteiger partial charge in [-0.25, -0.2) is 5.43 Å². The Morgan fingerprint density at radius 3 is 1.88 bits per heavy atom. The van der Waals surface area contributed by atoms with E-state index in [2.05, 4.69) is 21.5 Å². The molecule has 0 radical (unpaired) electrons. The van der Waals surface area contributed by atoms with Gasteiger partial charge in [0.15, 0.2) is 0 Å². The minimum absolute atomic E-state index is 0.0447. The molecule has 2 unspecified atom stereocenters. The van der Waals surface area contributed by atoms with Crippen molar-refractivity contribution in [3.05, 3.63) is 0 Å². The molecule has 2 atom stereocenters. The number of nitrogens with one attached hydrogen (secondary N) is 4. The monoisotopic (exact) mass is 375 g/mol. The van der Waals surface area contributed by atoms with Crippen LogP contribution in [0.3, 0.4) is 0 Å². The quantitative estimate of drug-likeness (QED) is 0.158. The van der Waals surface area contributed by atoms with Gasteiger partial charge < -0.3 is 26.6 Å². The molecule has 0 saturated heterocycles. The zero-order chi connectivity index (χ0) is 20.1. The Hall–Kier alpha value is -2.73. The Morgan fingerprint density at radius 1 is 0.885 bits per heavy atom. The van der Waals surface area contributed by atoms with E-state index in [-0.39, 0.29) is 38.6 Å². The fraction of sp³-hybridized carbons (Fsp3) is 0.643. The number of hydrazine groups is 1. The van der Waals surface area contributed by atoms with E-state index in [9.17, 15) is 24.0 Å². The van der Waals surface area contributed by atoms with Crippen LogP contribution in [0.4, 0.5) is 0 Å². The van der Waals surface area contributed by atoms with Crippen LogP contribution in [0.1, 0.15) is 32.1 Å². The Labute approximate surface area is 149 Å². The molecule has 0 bridgehead atoms. The molecule has 0 aromatic carbocycles. The first-order valence-electron chi connectivity index (χ1n) is 7.89. The van der Waals surface area contributed by atoms with Gasteiger partial charge in [0, 0.05) is 25.8 Å². The van der Waals surface area contributed by atoms with Crippen LogP contribution >= 0.6 is 0 Å². The average molecular weight is 375 g/mol. The summed E-state index contributed by atoms with van der Waals surface area (Å²) >= 11 is 0. The van der Waals surface area contributed by atoms with Crippen LogP contribution in [0, 0.1) is 0 Å². The smallest absolute Gasteiger partial charge is 0.303 e. The third-order valence-electron chi connectivity index (χ3n) is 3.23. The van der Waals surface area contributed by atoms with Crippen molar-refractivity contribution in [3.63, 3.8) is 0 Å². The number of rotatable bonds is 14. The maximum Gasteiger partial charge on any atom is 0.303 e. The van der Waals surface area contributed by atoms with Gasteiger partial charge in [-0.15, -0.1) is 0 Å². The zero-order valence-electron chi connectivity index (χ0n) is 14.4. The first kappa shape index (κ1) is 23.3. The van der Waals surface area contributed by atoms with Crippen LogP contribution in [-0.2, 0) is 24.0 Å². The van der Waals surface area contributed by atoms with Crippen molar-refractivity contribution in [2.75, 3.05) is 13.6 Å². The van der Waals surface area contributed by atoms with Gasteiger partial charge in [0.1, 0.15) is 12.1 Å². The molecule has 0 aromatic heterocycles. The van der Waals surface area contributed by atoms with Crippen LogP contribution in [0.15, 0.2) is 0 Å². The molecule has 0 spiro atoms. The molecule has 3 amide bonds. The van der Waals surface area contributed by atoms with Crippen molar-refractivity contribution in [1.29, 1.82) is 0 Å². The molecule has 12 nitrogen and oxygen atoms in total. The van der Waals surface area contributed by atoms with Gasteiger partial charge >= 0.3 is 11.9 Å². The Morgan fingerprint density at radius 2 is 1.42 bits per heavy atom. The first-order valence-corrected chi connectivity index (χ1v) is 7.89. The number of nitrogens with two attached hydrogens (primary N) is 1. The summed E-state index contributed by atoms with van der Waals surface area (Å²) in [4.78, 5) is 56.5. The molecule has 26 heavy (non-hydrogen) atoms. The van der Waals surface area contributed by atoms with E-state index in [4.69, 9.17) is 15.9 Å². The highest BCUT2D eigenvalue weighted by molar-refractivity contribution is 5.90. The molecular formula is C14H25N5O7. The first-order chi connectivity index (χ1) is 12.2. The predicted octanol–water partition coefficient (Wildman–Crippen LogP) is -2.71. The molecule has 0 rings (SSSR count). The van der Waals surface area contributed by atoms with E-state index in [0.717, 1.165) is 0 Å². The van der Waals surface area contributed by atoms with E-state index < -0.39 is 41.7 Å². The molecule has 0 aliphatic heterocycles. The van der Waals surface area contributed by atoms with Gasteiger partial charge in [0.25, 0.3) is 0 Å². The summed E-state index contributed by atoms with van der Waals surface area (Å²) in [5, 5.41) is 22.3. The van der Waals surface area contributed by atoms with Gasteiger partial charge in [-0.1, -0.05) is 0 Å². The van der Waals surface area contributed by atoms with Gasteiger partial charge in [0.2, 0.25) is 17.7 Å². The summed E-state index contributed by atoms with van der Waals surface area (Å²) in [5.41, 5.74) is 10.1. The van der Waals surface area contributed by atoms with Crippen LogP contribution in [-0.4, -0.2) is 65.5 Å². The van der Waals surface area contributed by atoms with E-state index in [1.54, 1.807) is 0 Å². The summed E-state index contributed by atoms with van der Waals surface area (Å²) < 4.78 is 0. The second-order valence-electron chi connectivity index (χ2n) is 5.38. The highest BCUT2D eigenvalue weighted by atomic mass is 16.4. The largest absolute Gasteiger partial charge is 0.481 e. The molecule has 0 aromatic rings. The number of hydrogen-bond acceptors (Lipinski definition) is 7. The van der Waals surface area contributed by atoms with Crippen molar-refractivity contribution in [3.8, 4) is 0 Å². The predicted molar refractivity (Wildman–Crippen MR) is 88.5 cm³/mol. The molecule has 0 aliphatic carbocycles. The number of carbonyl (C=O) groups excluding carboxylic acids is 3. The standard InChI is InChI=1S/C14H25N5O7/c1-16-19-9(3-5-12(23)24)14(26)18-8(2-4-11(21)22)13(25)17-7-6-10(15)20/h8-9,16,19H,2-7H2,1H3,(H2,15,20)(H,17,25)(H,18,26)(H,21,22)(H,23,24). The summed E-state index contributed by atoms with van der Waals surface area (Å²) in [5.74, 6) is -4.19. The van der Waals surface area contributed by atoms with Gasteiger partial charge in [-0.2, -0.15) is 0 Å². The lowest BCUT2D eigenvalue weighted by Crippen LogP contribution is -2.55. The minimum Gasteiger partial charge on any atom is -0.481 e. The molecule has 0 aliphatic rings. The molecule has 0 saturated carbocycles. The number of carboxylic acids is 2. The summed E-state index contributed by atoms with van der Waals surface area (Å²) in [6.07, 6.45) is -0.968. The number of aliphatic carboxylic acids is 2. The van der Waals surface area contributed by atoms with Crippen LogP contribution in [0.2, 0.25) is 0 Å². The third kappa shape index (κ3) is 10.9. The number of primary amides is 1. The lowest BCUT2D eigenvalue weighted by molar-refractivity contribution is -0.139. The van der Waals surface area contributed by atoms with Gasteiger partial charge in [-0.3, -0.25) is 29.4 Å².